The van der Waals surface area contributed by atoms with E-state index in [1.165, 1.54) is 18.2 Å². The van der Waals surface area contributed by atoms with Gasteiger partial charge in [-0.05, 0) is 6.07 Å². The second-order valence-corrected chi connectivity index (χ2v) is 3.31. The number of nitro benzene ring substituents is 1. The van der Waals surface area contributed by atoms with Crippen molar-refractivity contribution in [1.29, 1.82) is 5.26 Å². The van der Waals surface area contributed by atoms with Crippen LogP contribution in [0.15, 0.2) is 24.3 Å². The van der Waals surface area contributed by atoms with Gasteiger partial charge in [0, 0.05) is 17.7 Å². The number of non-ortho nitro benzene ring substituents is 1. The van der Waals surface area contributed by atoms with Crippen LogP contribution in [0.5, 0.6) is 0 Å². The number of hydrogen-bond acceptors (Lipinski definition) is 6. The normalized spacial score (nSPS) is 9.21. The van der Waals surface area contributed by atoms with Crippen LogP contribution >= 0.6 is 0 Å². The summed E-state index contributed by atoms with van der Waals surface area (Å²) >= 11 is 0. The van der Waals surface area contributed by atoms with Crippen LogP contribution in [0.2, 0.25) is 0 Å². The zero-order valence-electron chi connectivity index (χ0n) is 9.66. The second kappa shape index (κ2) is 6.70. The van der Waals surface area contributed by atoms with Gasteiger partial charge in [-0.1, -0.05) is 6.07 Å². The number of rotatable bonds is 5. The summed E-state index contributed by atoms with van der Waals surface area (Å²) in [7, 11) is 0. The van der Waals surface area contributed by atoms with Crippen molar-refractivity contribution in [2.45, 2.75) is 0 Å². The molecular formula is C11H9N3O5. The number of carbonyl (C=O) groups excluding carboxylic acids is 2. The lowest BCUT2D eigenvalue weighted by molar-refractivity contribution is -0.384. The Morgan fingerprint density at radius 3 is 2.84 bits per heavy atom. The summed E-state index contributed by atoms with van der Waals surface area (Å²) in [6.45, 7) is -0.811. The molecule has 19 heavy (non-hydrogen) atoms. The maximum absolute atomic E-state index is 11.6. The summed E-state index contributed by atoms with van der Waals surface area (Å²) in [6, 6.07) is 6.69. The Kier molecular flexibility index (Phi) is 4.98. The Balaban J connectivity index is 2.59. The maximum Gasteiger partial charge on any atom is 0.326 e. The lowest BCUT2D eigenvalue weighted by atomic mass is 10.2. The van der Waals surface area contributed by atoms with E-state index in [-0.39, 0.29) is 11.3 Å². The van der Waals surface area contributed by atoms with Crippen LogP contribution in [0.3, 0.4) is 0 Å². The van der Waals surface area contributed by atoms with E-state index < -0.39 is 30.0 Å². The molecule has 1 rings (SSSR count). The average molecular weight is 263 g/mol. The Labute approximate surface area is 107 Å². The van der Waals surface area contributed by atoms with Gasteiger partial charge in [0.2, 0.25) is 0 Å². The largest absolute Gasteiger partial charge is 0.449 e. The third-order valence-corrected chi connectivity index (χ3v) is 2.01. The standard InChI is InChI=1S/C11H9N3O5/c12-4-5-19-10(15)7-13-11(16)8-2-1-3-9(6-8)14(17)18/h1-3,6H,5,7H2,(H,13,16). The van der Waals surface area contributed by atoms with Crippen molar-refractivity contribution in [3.8, 4) is 6.07 Å². The number of esters is 1. The fourth-order valence-electron chi connectivity index (χ4n) is 1.18. The minimum Gasteiger partial charge on any atom is -0.449 e. The number of ether oxygens (including phenoxy) is 1. The number of nitro groups is 1. The zero-order valence-corrected chi connectivity index (χ0v) is 9.66. The molecule has 0 aliphatic carbocycles. The SMILES string of the molecule is N#CCOC(=O)CNC(=O)c1cccc([N+](=O)[O-])c1. The molecule has 0 aliphatic heterocycles. The zero-order chi connectivity index (χ0) is 14.3. The van der Waals surface area contributed by atoms with Crippen molar-refractivity contribution in [3.63, 3.8) is 0 Å². The molecule has 0 saturated heterocycles. The molecule has 0 aliphatic rings. The highest BCUT2D eigenvalue weighted by Crippen LogP contribution is 2.12. The molecule has 0 saturated carbocycles. The fraction of sp³-hybridized carbons (Fsp3) is 0.182. The van der Waals surface area contributed by atoms with Gasteiger partial charge in [-0.25, -0.2) is 0 Å². The Morgan fingerprint density at radius 1 is 1.47 bits per heavy atom. The van der Waals surface area contributed by atoms with Crippen LogP contribution in [0.1, 0.15) is 10.4 Å². The topological polar surface area (TPSA) is 122 Å². The van der Waals surface area contributed by atoms with Crippen LogP contribution in [0.4, 0.5) is 5.69 Å². The minimum absolute atomic E-state index is 0.0577. The first-order valence-corrected chi connectivity index (χ1v) is 5.10. The number of nitrogens with zero attached hydrogens (tertiary/aromatic N) is 2. The van der Waals surface area contributed by atoms with Crippen molar-refractivity contribution >= 4 is 17.6 Å². The van der Waals surface area contributed by atoms with Crippen molar-refractivity contribution in [2.24, 2.45) is 0 Å². The molecule has 0 aromatic heterocycles. The predicted molar refractivity (Wildman–Crippen MR) is 62.0 cm³/mol. The first-order valence-electron chi connectivity index (χ1n) is 5.10. The molecule has 1 aromatic rings. The molecule has 8 heteroatoms. The molecule has 0 radical (unpaired) electrons. The van der Waals surface area contributed by atoms with Gasteiger partial charge < -0.3 is 10.1 Å². The first-order chi connectivity index (χ1) is 9.04. The molecule has 0 fully saturated rings. The highest BCUT2D eigenvalue weighted by atomic mass is 16.6. The lowest BCUT2D eigenvalue weighted by Gasteiger charge is -2.04. The molecular weight excluding hydrogens is 254 g/mol. The number of nitrogens with one attached hydrogen (secondary N) is 1. The Morgan fingerprint density at radius 2 is 2.21 bits per heavy atom. The van der Waals surface area contributed by atoms with Crippen LogP contribution in [0, 0.1) is 21.4 Å². The molecule has 0 atom stereocenters. The van der Waals surface area contributed by atoms with Crippen molar-refractivity contribution in [1.82, 2.24) is 5.32 Å². The quantitative estimate of drug-likeness (QED) is 0.465. The smallest absolute Gasteiger partial charge is 0.326 e. The van der Waals surface area contributed by atoms with E-state index in [0.29, 0.717) is 0 Å². The van der Waals surface area contributed by atoms with E-state index in [4.69, 9.17) is 5.26 Å². The average Bonchev–Trinajstić information content (AvgIpc) is 2.42. The van der Waals surface area contributed by atoms with Gasteiger partial charge in [-0.2, -0.15) is 5.26 Å². The molecule has 8 nitrogen and oxygen atoms in total. The summed E-state index contributed by atoms with van der Waals surface area (Å²) in [5.74, 6) is -1.40. The van der Waals surface area contributed by atoms with E-state index in [9.17, 15) is 19.7 Å². The maximum atomic E-state index is 11.6. The Bertz CT molecular complexity index is 550. The highest BCUT2D eigenvalue weighted by Gasteiger charge is 2.12. The van der Waals surface area contributed by atoms with Crippen molar-refractivity contribution < 1.29 is 19.2 Å². The fourth-order valence-corrected chi connectivity index (χ4v) is 1.18. The molecule has 0 spiro atoms. The molecule has 1 aromatic carbocycles. The molecule has 0 heterocycles. The van der Waals surface area contributed by atoms with Gasteiger partial charge in [0.25, 0.3) is 11.6 Å². The molecule has 98 valence electrons. The van der Waals surface area contributed by atoms with Gasteiger partial charge in [-0.15, -0.1) is 0 Å². The third kappa shape index (κ3) is 4.43. The number of nitriles is 1. The number of carbonyl (C=O) groups is 2. The highest BCUT2D eigenvalue weighted by molar-refractivity contribution is 5.96. The van der Waals surface area contributed by atoms with Crippen LogP contribution in [0.25, 0.3) is 0 Å². The van der Waals surface area contributed by atoms with Crippen LogP contribution in [-0.4, -0.2) is 30.0 Å². The number of benzene rings is 1. The van der Waals surface area contributed by atoms with E-state index in [0.717, 1.165) is 6.07 Å². The monoisotopic (exact) mass is 263 g/mol. The molecule has 0 bridgehead atoms. The summed E-state index contributed by atoms with van der Waals surface area (Å²) in [5.41, 5.74) is -0.165. The van der Waals surface area contributed by atoms with Gasteiger partial charge in [0.1, 0.15) is 12.6 Å². The number of hydrogen-bond donors (Lipinski definition) is 1. The van der Waals surface area contributed by atoms with Gasteiger partial charge in [-0.3, -0.25) is 19.7 Å². The first kappa shape index (κ1) is 14.1. The van der Waals surface area contributed by atoms with Gasteiger partial charge in [0.15, 0.2) is 6.61 Å². The van der Waals surface area contributed by atoms with E-state index in [2.05, 4.69) is 10.1 Å². The summed E-state index contributed by atoms with van der Waals surface area (Å²) in [4.78, 5) is 32.5. The summed E-state index contributed by atoms with van der Waals surface area (Å²) in [6.07, 6.45) is 0. The van der Waals surface area contributed by atoms with E-state index >= 15 is 0 Å². The summed E-state index contributed by atoms with van der Waals surface area (Å²) < 4.78 is 4.42. The van der Waals surface area contributed by atoms with Gasteiger partial charge in [0.05, 0.1) is 4.92 Å². The summed E-state index contributed by atoms with van der Waals surface area (Å²) in [5, 5.41) is 20.9. The lowest BCUT2D eigenvalue weighted by Crippen LogP contribution is -2.30. The van der Waals surface area contributed by atoms with Crippen LogP contribution in [-0.2, 0) is 9.53 Å². The predicted octanol–water partition coefficient (Wildman–Crippen LogP) is 0.391. The van der Waals surface area contributed by atoms with Gasteiger partial charge >= 0.3 is 5.97 Å². The van der Waals surface area contributed by atoms with Crippen molar-refractivity contribution in [2.75, 3.05) is 13.2 Å². The third-order valence-electron chi connectivity index (χ3n) is 2.01. The molecule has 0 unspecified atom stereocenters. The molecule has 1 amide bonds. The number of amides is 1. The van der Waals surface area contributed by atoms with Crippen LogP contribution < -0.4 is 5.32 Å². The second-order valence-electron chi connectivity index (χ2n) is 3.31. The minimum atomic E-state index is -0.764. The van der Waals surface area contributed by atoms with Crippen molar-refractivity contribution in [3.05, 3.63) is 39.9 Å². The molecule has 1 N–H and O–H groups in total. The van der Waals surface area contributed by atoms with E-state index in [1.807, 2.05) is 0 Å². The Hall–Kier alpha value is -2.95. The van der Waals surface area contributed by atoms with E-state index in [1.54, 1.807) is 6.07 Å².